The van der Waals surface area contributed by atoms with Crippen LogP contribution in [0.5, 0.6) is 0 Å². The van der Waals surface area contributed by atoms with Crippen molar-refractivity contribution >= 4 is 10.0 Å². The maximum absolute atomic E-state index is 12.2. The minimum atomic E-state index is -3.25. The molecule has 0 fully saturated rings. The van der Waals surface area contributed by atoms with Gasteiger partial charge in [-0.1, -0.05) is 6.92 Å². The predicted molar refractivity (Wildman–Crippen MR) is 70.6 cm³/mol. The van der Waals surface area contributed by atoms with Gasteiger partial charge < -0.3 is 10.1 Å². The normalized spacial score (nSPS) is 16.1. The molecule has 17 heavy (non-hydrogen) atoms. The Balaban J connectivity index is 4.43. The summed E-state index contributed by atoms with van der Waals surface area (Å²) in [7, 11) is -0.0709. The monoisotopic (exact) mass is 266 g/mol. The van der Waals surface area contributed by atoms with Crippen molar-refractivity contribution in [3.8, 4) is 0 Å². The fourth-order valence-electron chi connectivity index (χ4n) is 1.47. The van der Waals surface area contributed by atoms with Gasteiger partial charge in [-0.3, -0.25) is 0 Å². The molecule has 0 radical (unpaired) electrons. The minimum absolute atomic E-state index is 0.140. The standard InChI is InChI=1S/C11H26N2O3S/c1-6-7-12-8-11(3)17(14,15)13(4)10(2)9-16-5/h10-12H,6-9H2,1-5H3. The summed E-state index contributed by atoms with van der Waals surface area (Å²) in [5.74, 6) is 0. The second-order valence-corrected chi connectivity index (χ2v) is 6.79. The number of nitrogens with one attached hydrogen (secondary N) is 1. The molecule has 0 spiro atoms. The van der Waals surface area contributed by atoms with E-state index in [9.17, 15) is 8.42 Å². The Kier molecular flexibility index (Phi) is 7.94. The van der Waals surface area contributed by atoms with Crippen molar-refractivity contribution in [3.05, 3.63) is 0 Å². The van der Waals surface area contributed by atoms with E-state index in [1.54, 1.807) is 21.1 Å². The zero-order valence-electron chi connectivity index (χ0n) is 11.6. The number of hydrogen-bond donors (Lipinski definition) is 1. The van der Waals surface area contributed by atoms with Crippen LogP contribution >= 0.6 is 0 Å². The number of methoxy groups -OCH3 is 1. The molecule has 0 aromatic rings. The molecule has 0 saturated carbocycles. The molecular formula is C11H26N2O3S. The van der Waals surface area contributed by atoms with Crippen LogP contribution in [-0.2, 0) is 14.8 Å². The van der Waals surface area contributed by atoms with Crippen molar-refractivity contribution in [1.29, 1.82) is 0 Å². The molecule has 0 amide bonds. The number of nitrogens with zero attached hydrogens (tertiary/aromatic N) is 1. The summed E-state index contributed by atoms with van der Waals surface area (Å²) < 4.78 is 30.7. The molecule has 0 aliphatic rings. The van der Waals surface area contributed by atoms with E-state index in [0.717, 1.165) is 13.0 Å². The maximum Gasteiger partial charge on any atom is 0.218 e. The summed E-state index contributed by atoms with van der Waals surface area (Å²) in [4.78, 5) is 0. The minimum Gasteiger partial charge on any atom is -0.383 e. The molecule has 0 aromatic carbocycles. The summed E-state index contributed by atoms with van der Waals surface area (Å²) in [6.07, 6.45) is 1.00. The SMILES string of the molecule is CCCNCC(C)S(=O)(=O)N(C)C(C)COC. The number of rotatable bonds is 9. The first-order valence-electron chi connectivity index (χ1n) is 6.04. The lowest BCUT2D eigenvalue weighted by Crippen LogP contribution is -2.45. The van der Waals surface area contributed by atoms with Gasteiger partial charge in [-0.05, 0) is 26.8 Å². The van der Waals surface area contributed by atoms with E-state index in [0.29, 0.717) is 13.2 Å². The van der Waals surface area contributed by atoms with Crippen LogP contribution in [0.4, 0.5) is 0 Å². The van der Waals surface area contributed by atoms with Gasteiger partial charge in [0.25, 0.3) is 0 Å². The van der Waals surface area contributed by atoms with E-state index < -0.39 is 15.3 Å². The lowest BCUT2D eigenvalue weighted by atomic mass is 10.4. The lowest BCUT2D eigenvalue weighted by molar-refractivity contribution is 0.149. The highest BCUT2D eigenvalue weighted by Gasteiger charge is 2.28. The molecule has 0 aliphatic heterocycles. The average molecular weight is 266 g/mol. The Morgan fingerprint density at radius 3 is 2.41 bits per heavy atom. The molecular weight excluding hydrogens is 240 g/mol. The third-order valence-electron chi connectivity index (χ3n) is 2.80. The third kappa shape index (κ3) is 5.33. The molecule has 104 valence electrons. The second kappa shape index (κ2) is 8.02. The summed E-state index contributed by atoms with van der Waals surface area (Å²) in [5.41, 5.74) is 0. The van der Waals surface area contributed by atoms with Gasteiger partial charge in [0.2, 0.25) is 10.0 Å². The van der Waals surface area contributed by atoms with E-state index in [1.165, 1.54) is 4.31 Å². The van der Waals surface area contributed by atoms with Crippen LogP contribution in [0.1, 0.15) is 27.2 Å². The first kappa shape index (κ1) is 16.8. The summed E-state index contributed by atoms with van der Waals surface area (Å²) in [5, 5.41) is 2.71. The van der Waals surface area contributed by atoms with E-state index in [2.05, 4.69) is 12.2 Å². The van der Waals surface area contributed by atoms with Crippen molar-refractivity contribution in [1.82, 2.24) is 9.62 Å². The molecule has 0 bridgehead atoms. The smallest absolute Gasteiger partial charge is 0.218 e. The van der Waals surface area contributed by atoms with Crippen molar-refractivity contribution in [2.24, 2.45) is 0 Å². The zero-order chi connectivity index (χ0) is 13.5. The largest absolute Gasteiger partial charge is 0.383 e. The van der Waals surface area contributed by atoms with E-state index in [1.807, 2.05) is 6.92 Å². The summed E-state index contributed by atoms with van der Waals surface area (Å²) >= 11 is 0. The second-order valence-electron chi connectivity index (χ2n) is 4.38. The number of likely N-dealkylation sites (N-methyl/N-ethyl adjacent to an activating group) is 1. The molecule has 6 heteroatoms. The molecule has 2 unspecified atom stereocenters. The van der Waals surface area contributed by atoms with Crippen molar-refractivity contribution in [3.63, 3.8) is 0 Å². The Morgan fingerprint density at radius 1 is 1.35 bits per heavy atom. The quantitative estimate of drug-likeness (QED) is 0.623. The van der Waals surface area contributed by atoms with Gasteiger partial charge in [-0.25, -0.2) is 8.42 Å². The summed E-state index contributed by atoms with van der Waals surface area (Å²) in [6.45, 7) is 7.36. The fourth-order valence-corrected chi connectivity index (χ4v) is 2.93. The first-order chi connectivity index (χ1) is 7.87. The number of hydrogen-bond acceptors (Lipinski definition) is 4. The van der Waals surface area contributed by atoms with Crippen LogP contribution < -0.4 is 5.32 Å². The topological polar surface area (TPSA) is 58.6 Å². The van der Waals surface area contributed by atoms with Crippen molar-refractivity contribution in [2.45, 2.75) is 38.5 Å². The summed E-state index contributed by atoms with van der Waals surface area (Å²) in [6, 6.07) is -0.140. The van der Waals surface area contributed by atoms with Crippen molar-refractivity contribution < 1.29 is 13.2 Å². The lowest BCUT2D eigenvalue weighted by Gasteiger charge is -2.27. The van der Waals surface area contributed by atoms with Gasteiger partial charge in [-0.2, -0.15) is 4.31 Å². The Morgan fingerprint density at radius 2 is 1.94 bits per heavy atom. The zero-order valence-corrected chi connectivity index (χ0v) is 12.4. The first-order valence-corrected chi connectivity index (χ1v) is 7.54. The molecule has 0 saturated heterocycles. The molecule has 2 atom stereocenters. The third-order valence-corrected chi connectivity index (χ3v) is 5.14. The predicted octanol–water partition coefficient (Wildman–Crippen LogP) is 0.671. The molecule has 1 N–H and O–H groups in total. The van der Waals surface area contributed by atoms with Crippen molar-refractivity contribution in [2.75, 3.05) is 33.9 Å². The van der Waals surface area contributed by atoms with Crippen LogP contribution in [-0.4, -0.2) is 57.9 Å². The highest BCUT2D eigenvalue weighted by molar-refractivity contribution is 7.89. The average Bonchev–Trinajstić information content (AvgIpc) is 2.28. The maximum atomic E-state index is 12.2. The fraction of sp³-hybridized carbons (Fsp3) is 1.00. The number of sulfonamides is 1. The van der Waals surface area contributed by atoms with Gasteiger partial charge in [0, 0.05) is 26.7 Å². The highest BCUT2D eigenvalue weighted by Crippen LogP contribution is 2.10. The van der Waals surface area contributed by atoms with E-state index in [4.69, 9.17) is 4.74 Å². The van der Waals surface area contributed by atoms with Crippen LogP contribution in [0.25, 0.3) is 0 Å². The van der Waals surface area contributed by atoms with E-state index in [-0.39, 0.29) is 6.04 Å². The van der Waals surface area contributed by atoms with Crippen LogP contribution in [0.3, 0.4) is 0 Å². The highest BCUT2D eigenvalue weighted by atomic mass is 32.2. The van der Waals surface area contributed by atoms with Gasteiger partial charge in [0.1, 0.15) is 0 Å². The van der Waals surface area contributed by atoms with Gasteiger partial charge >= 0.3 is 0 Å². The number of ether oxygens (including phenoxy) is 1. The molecule has 0 aromatic heterocycles. The van der Waals surface area contributed by atoms with Gasteiger partial charge in [0.05, 0.1) is 11.9 Å². The molecule has 5 nitrogen and oxygen atoms in total. The van der Waals surface area contributed by atoms with E-state index >= 15 is 0 Å². The Labute approximate surface area is 106 Å². The van der Waals surface area contributed by atoms with Crippen LogP contribution in [0.15, 0.2) is 0 Å². The van der Waals surface area contributed by atoms with Crippen LogP contribution in [0.2, 0.25) is 0 Å². The molecule has 0 aliphatic carbocycles. The Bertz CT molecular complexity index is 293. The van der Waals surface area contributed by atoms with Gasteiger partial charge in [-0.15, -0.1) is 0 Å². The Hall–Kier alpha value is -0.170. The molecule has 0 heterocycles. The van der Waals surface area contributed by atoms with Gasteiger partial charge in [0.15, 0.2) is 0 Å². The van der Waals surface area contributed by atoms with Crippen LogP contribution in [0, 0.1) is 0 Å². The molecule has 0 rings (SSSR count).